The number of halogens is 10. The molecule has 0 saturated carbocycles. The molecule has 370 valence electrons. The van der Waals surface area contributed by atoms with E-state index >= 15 is 0 Å². The second kappa shape index (κ2) is 49.1. The lowest BCUT2D eigenvalue weighted by atomic mass is 10.7. The molecule has 0 aliphatic carbocycles. The van der Waals surface area contributed by atoms with Gasteiger partial charge in [0.2, 0.25) is 6.41 Å². The molecule has 5 rings (SSSR count). The number of ether oxygens (including phenoxy) is 2. The Morgan fingerprint density at radius 1 is 0.781 bits per heavy atom. The molecule has 10 N–H and O–H groups in total. The van der Waals surface area contributed by atoms with E-state index in [1.165, 1.54) is 12.5 Å². The lowest BCUT2D eigenvalue weighted by Gasteiger charge is -2.09. The topological polar surface area (TPSA) is 330 Å². The van der Waals surface area contributed by atoms with Gasteiger partial charge in [0.05, 0.1) is 31.1 Å². The number of aliphatic hydroxyl groups excluding tert-OH is 2. The van der Waals surface area contributed by atoms with Crippen LogP contribution in [0.3, 0.4) is 0 Å². The number of nitrogen functional groups attached to an aromatic ring is 1. The molecule has 0 fully saturated rings. The van der Waals surface area contributed by atoms with Gasteiger partial charge in [-0.3, -0.25) is 31.1 Å². The van der Waals surface area contributed by atoms with Gasteiger partial charge in [-0.15, -0.1) is 12.4 Å². The third kappa shape index (κ3) is 37.3. The van der Waals surface area contributed by atoms with Crippen LogP contribution < -0.4 is 22.2 Å². The highest BCUT2D eigenvalue weighted by atomic mass is 79.9. The molecule has 0 bridgehead atoms. The van der Waals surface area contributed by atoms with Gasteiger partial charge in [-0.05, 0) is 141 Å². The smallest absolute Gasteiger partial charge is 0.215 e. The number of nitrogens with two attached hydrogens (primary N) is 1. The maximum atomic E-state index is 8.21. The van der Waals surface area contributed by atoms with Crippen molar-refractivity contribution in [2.24, 2.45) is 9.98 Å². The van der Waals surface area contributed by atoms with E-state index in [-0.39, 0.29) is 46.4 Å². The maximum absolute atomic E-state index is 8.21. The molecule has 0 spiro atoms. The molecule has 0 amide bonds. The Bertz CT molecular complexity index is 1900. The normalized spacial score (nSPS) is 9.14. The van der Waals surface area contributed by atoms with Crippen LogP contribution in [0.5, 0.6) is 0 Å². The fourth-order valence-electron chi connectivity index (χ4n) is 2.57. The third-order valence-electron chi connectivity index (χ3n) is 4.62. The number of nitrogens with one attached hydrogen (secondary N) is 3. The Kier molecular flexibility index (Phi) is 58.7. The summed E-state index contributed by atoms with van der Waals surface area (Å²) in [4.78, 5) is 41.5. The Hall–Kier alpha value is -1.77. The summed E-state index contributed by atoms with van der Waals surface area (Å²) in [7, 11) is 9.69. The van der Waals surface area contributed by atoms with Crippen molar-refractivity contribution in [3.8, 4) is 0 Å². The van der Waals surface area contributed by atoms with Crippen LogP contribution in [0.2, 0.25) is 0 Å². The van der Waals surface area contributed by atoms with Crippen molar-refractivity contribution in [2.45, 2.75) is 28.2 Å². The second-order valence-corrected chi connectivity index (χ2v) is 15.2. The van der Waals surface area contributed by atoms with Gasteiger partial charge >= 0.3 is 0 Å². The average Bonchev–Trinajstić information content (AvgIpc) is 3.74. The van der Waals surface area contributed by atoms with Gasteiger partial charge in [-0.25, -0.2) is 54.4 Å². The maximum Gasteiger partial charge on any atom is 0.215 e. The number of hydroxylamine groups is 1. The molecule has 0 radical (unpaired) electrons. The summed E-state index contributed by atoms with van der Waals surface area (Å²) >= 11 is 25.5. The van der Waals surface area contributed by atoms with Crippen molar-refractivity contribution < 1.29 is 41.4 Å². The molecular weight excluding hydrogens is 1400 g/mol. The number of hydrogen-bond donors (Lipinski definition) is 9. The number of aliphatic hydroxyl groups is 2. The van der Waals surface area contributed by atoms with Crippen LogP contribution in [0.15, 0.2) is 77.9 Å². The molecular formula is C30H53Br8ClFN17O7. The molecule has 0 aliphatic heterocycles. The largest absolute Gasteiger partial charge is 0.400 e. The molecule has 5 aromatic rings. The number of hydrogen-bond acceptors (Lipinski definition) is 21. The molecule has 0 aliphatic rings. The molecule has 5 heterocycles. The summed E-state index contributed by atoms with van der Waals surface area (Å²) in [5, 5.41) is 43.3. The van der Waals surface area contributed by atoms with E-state index < -0.39 is 0 Å². The van der Waals surface area contributed by atoms with Crippen LogP contribution in [-0.2, 0) is 9.47 Å². The van der Waals surface area contributed by atoms with Crippen molar-refractivity contribution in [2.75, 3.05) is 54.8 Å². The Balaban J connectivity index is -0.0000000991. The second-order valence-electron chi connectivity index (χ2n) is 8.95. The first kappa shape index (κ1) is 76.5. The average molecular weight is 1460 g/mol. The summed E-state index contributed by atoms with van der Waals surface area (Å²) < 4.78 is 16.2. The van der Waals surface area contributed by atoms with Gasteiger partial charge in [0, 0.05) is 43.5 Å². The minimum Gasteiger partial charge on any atom is -0.400 e. The Labute approximate surface area is 444 Å². The van der Waals surface area contributed by atoms with E-state index in [0.29, 0.717) is 55.3 Å². The lowest BCUT2D eigenvalue weighted by Crippen LogP contribution is -2.28. The quantitative estimate of drug-likeness (QED) is 0.0323. The van der Waals surface area contributed by atoms with Gasteiger partial charge in [0.25, 0.3) is 0 Å². The van der Waals surface area contributed by atoms with E-state index in [9.17, 15) is 0 Å². The van der Waals surface area contributed by atoms with Crippen LogP contribution in [0.4, 0.5) is 22.2 Å². The standard InChI is InChI=1S/C7H8Br2N4.C5H4Br2N4O.C5H2Br2N4.C4H3Br2N3.C4H11NO2.C2H6O.CH4O.2CH4.ClH.FH.H3NO2.H2/c1-13(2)4-11-7-6(9)10-3-5(8)12-7;6-3-1-8-4(7)5(11-3)9-2-10-12;6-3-1-8-4(7)5-9-2-10-11(3)5;5-2-1-8-3(6)4(7)9-2;1-5-4(6-2)7-3;1-2-3;1-2;;;;;2-1-3;/h3-4H,1-2H3;1-2,12H,(H,9,10,11);1-2H;1H,(H2,7,9);4-5H,1-3H3;3H,2H2,1H3;2H,1H3;2*1H4;2*1H;1-3H;1H/i;;;;;;;;;;;;1+1. The summed E-state index contributed by atoms with van der Waals surface area (Å²) in [5.74, 6) is 1.33. The molecule has 5 aromatic heterocycles. The minimum atomic E-state index is -0.264. The van der Waals surface area contributed by atoms with Crippen molar-refractivity contribution in [1.82, 2.24) is 70.8 Å². The lowest BCUT2D eigenvalue weighted by molar-refractivity contribution is -0.118. The number of methoxy groups -OCH3 is 2. The first-order valence-electron chi connectivity index (χ1n) is 15.2. The third-order valence-corrected chi connectivity index (χ3v) is 8.60. The Morgan fingerprint density at radius 3 is 1.53 bits per heavy atom. The molecule has 24 nitrogen and oxygen atoms in total. The molecule has 34 heteroatoms. The summed E-state index contributed by atoms with van der Waals surface area (Å²) in [6, 6.07) is 0. The molecule has 0 saturated heterocycles. The van der Waals surface area contributed by atoms with Crippen LogP contribution in [0, 0.1) is 0 Å². The highest BCUT2D eigenvalue weighted by Crippen LogP contribution is 2.22. The fourth-order valence-corrected chi connectivity index (χ4v) is 4.92. The Morgan fingerprint density at radius 2 is 1.19 bits per heavy atom. The van der Waals surface area contributed by atoms with Gasteiger partial charge < -0.3 is 30.3 Å². The highest BCUT2D eigenvalue weighted by molar-refractivity contribution is 9.11. The van der Waals surface area contributed by atoms with Crippen molar-refractivity contribution in [1.29, 1.82) is 0 Å². The van der Waals surface area contributed by atoms with Crippen LogP contribution in [0.1, 0.15) is 23.2 Å². The van der Waals surface area contributed by atoms with Gasteiger partial charge in [-0.1, -0.05) is 20.5 Å². The van der Waals surface area contributed by atoms with Crippen LogP contribution >= 0.6 is 140 Å². The summed E-state index contributed by atoms with van der Waals surface area (Å²) in [6.45, 7) is 1.93. The van der Waals surface area contributed by atoms with Gasteiger partial charge in [-0.2, -0.15) is 5.10 Å². The molecule has 64 heavy (non-hydrogen) atoms. The number of rotatable bonds is 7. The zero-order valence-corrected chi connectivity index (χ0v) is 46.6. The fraction of sp³-hybridized carbons (Fsp3) is 0.367. The number of fused-ring (bicyclic) bond motifs is 1. The summed E-state index contributed by atoms with van der Waals surface area (Å²) in [6.07, 6.45) is 10.4. The van der Waals surface area contributed by atoms with E-state index in [4.69, 9.17) is 41.0 Å². The van der Waals surface area contributed by atoms with E-state index in [2.05, 4.69) is 188 Å². The van der Waals surface area contributed by atoms with Crippen molar-refractivity contribution in [3.05, 3.63) is 67.9 Å². The predicted octanol–water partition coefficient (Wildman–Crippen LogP) is 7.93. The number of aromatic nitrogens is 10. The number of aliphatic imine (C=N–C) groups is 2. The van der Waals surface area contributed by atoms with Crippen molar-refractivity contribution >= 4 is 176 Å². The highest BCUT2D eigenvalue weighted by Gasteiger charge is 2.04. The first-order valence-corrected chi connectivity index (χ1v) is 21.6. The van der Waals surface area contributed by atoms with E-state index in [1.54, 1.807) is 63.1 Å². The molecule has 0 atom stereocenters. The van der Waals surface area contributed by atoms with Crippen LogP contribution in [0.25, 0.3) is 5.65 Å². The number of anilines is 1. The molecule has 0 aromatic carbocycles. The van der Waals surface area contributed by atoms with Crippen molar-refractivity contribution in [3.63, 3.8) is 0 Å². The monoisotopic (exact) mass is 1450 g/mol. The zero-order valence-electron chi connectivity index (χ0n) is 33.1. The van der Waals surface area contributed by atoms with Crippen LogP contribution in [-0.4, -0.2) is 148 Å². The predicted molar refractivity (Wildman–Crippen MR) is 278 cm³/mol. The van der Waals surface area contributed by atoms with E-state index in [0.717, 1.165) is 23.7 Å². The zero-order chi connectivity index (χ0) is 46.6. The minimum absolute atomic E-state index is 0. The molecule has 0 unspecified atom stereocenters. The SMILES string of the molecule is Brc1ncc(Br)n2ncnc12.C.C.CCO.CN(C)C=Nc1nc(Br)cnc1Br.CNC(OC)OC.CO.Cl.F.Nc1nc(Br)cnc1Br.ONC=Nc1nc(Br)cnc1Br.ONO.[2HH]. The summed E-state index contributed by atoms with van der Waals surface area (Å²) in [5.41, 5.74) is 8.60. The van der Waals surface area contributed by atoms with Gasteiger partial charge in [0.15, 0.2) is 36.9 Å². The first-order chi connectivity index (χ1) is 28.5. The van der Waals surface area contributed by atoms with Gasteiger partial charge in [0.1, 0.15) is 35.7 Å². The number of nitrogens with zero attached hydrogens (tertiary/aromatic N) is 13. The van der Waals surface area contributed by atoms with E-state index in [1.807, 2.05) is 19.0 Å².